The predicted octanol–water partition coefficient (Wildman–Crippen LogP) is 4.71. The third-order valence-electron chi connectivity index (χ3n) is 3.35. The molecule has 3 rings (SSSR count). The average Bonchev–Trinajstić information content (AvgIpc) is 2.58. The van der Waals surface area contributed by atoms with E-state index in [4.69, 9.17) is 11.6 Å². The predicted molar refractivity (Wildman–Crippen MR) is 95.8 cm³/mol. The number of aromatic nitrogens is 2. The van der Waals surface area contributed by atoms with Gasteiger partial charge in [0, 0.05) is 17.1 Å². The first-order valence-corrected chi connectivity index (χ1v) is 7.93. The maximum absolute atomic E-state index is 13.2. The zero-order valence-corrected chi connectivity index (χ0v) is 14.3. The van der Waals surface area contributed by atoms with E-state index < -0.39 is 17.5 Å². The normalized spacial score (nSPS) is 10.5. The van der Waals surface area contributed by atoms with Crippen LogP contribution in [0.15, 0.2) is 48.5 Å². The first-order chi connectivity index (χ1) is 12.4. The summed E-state index contributed by atoms with van der Waals surface area (Å²) < 4.78 is 26.5. The van der Waals surface area contributed by atoms with Crippen LogP contribution in [0.4, 0.5) is 26.1 Å². The van der Waals surface area contributed by atoms with Gasteiger partial charge in [0.1, 0.15) is 17.3 Å². The highest BCUT2D eigenvalue weighted by Gasteiger charge is 2.12. The molecule has 1 amide bonds. The summed E-state index contributed by atoms with van der Waals surface area (Å²) >= 11 is 5.75. The van der Waals surface area contributed by atoms with E-state index in [0.717, 1.165) is 0 Å². The van der Waals surface area contributed by atoms with Crippen LogP contribution in [0.5, 0.6) is 0 Å². The molecule has 1 aromatic heterocycles. The lowest BCUT2D eigenvalue weighted by Gasteiger charge is -2.09. The monoisotopic (exact) mass is 374 g/mol. The summed E-state index contributed by atoms with van der Waals surface area (Å²) in [5.41, 5.74) is 1.42. The van der Waals surface area contributed by atoms with E-state index in [0.29, 0.717) is 17.1 Å². The molecule has 1 heterocycles. The molecule has 0 aliphatic heterocycles. The molecule has 5 nitrogen and oxygen atoms in total. The van der Waals surface area contributed by atoms with E-state index in [1.807, 2.05) is 0 Å². The fourth-order valence-electron chi connectivity index (χ4n) is 2.21. The maximum Gasteiger partial charge on any atom is 0.274 e. The number of hydrogen-bond acceptors (Lipinski definition) is 4. The Morgan fingerprint density at radius 1 is 1.04 bits per heavy atom. The largest absolute Gasteiger partial charge is 0.324 e. The molecule has 0 atom stereocenters. The molecule has 132 valence electrons. The molecule has 0 aliphatic rings. The number of carbonyl (C=O) groups excluding carboxylic acids is 1. The molecule has 0 spiro atoms. The van der Waals surface area contributed by atoms with Crippen LogP contribution in [0.25, 0.3) is 0 Å². The molecule has 0 saturated heterocycles. The first-order valence-electron chi connectivity index (χ1n) is 7.55. The van der Waals surface area contributed by atoms with Gasteiger partial charge in [0.05, 0.1) is 5.02 Å². The third kappa shape index (κ3) is 4.31. The van der Waals surface area contributed by atoms with Gasteiger partial charge in [-0.2, -0.15) is 0 Å². The number of rotatable bonds is 4. The lowest BCUT2D eigenvalue weighted by Crippen LogP contribution is -2.15. The second-order valence-corrected chi connectivity index (χ2v) is 5.84. The van der Waals surface area contributed by atoms with E-state index in [-0.39, 0.29) is 16.7 Å². The summed E-state index contributed by atoms with van der Waals surface area (Å²) in [6, 6.07) is 11.1. The highest BCUT2D eigenvalue weighted by atomic mass is 35.5. The smallest absolute Gasteiger partial charge is 0.274 e. The molecular formula is C18H13ClF2N4O. The zero-order valence-electron chi connectivity index (χ0n) is 13.6. The fourth-order valence-corrected chi connectivity index (χ4v) is 2.39. The van der Waals surface area contributed by atoms with Crippen molar-refractivity contribution in [3.63, 3.8) is 0 Å². The summed E-state index contributed by atoms with van der Waals surface area (Å²) in [6.45, 7) is 1.70. The number of hydrogen-bond donors (Lipinski definition) is 2. The van der Waals surface area contributed by atoms with Crippen molar-refractivity contribution >= 4 is 34.8 Å². The van der Waals surface area contributed by atoms with Crippen molar-refractivity contribution in [1.29, 1.82) is 0 Å². The lowest BCUT2D eigenvalue weighted by atomic mass is 10.2. The zero-order chi connectivity index (χ0) is 18.7. The van der Waals surface area contributed by atoms with Crippen LogP contribution >= 0.6 is 11.6 Å². The number of aryl methyl sites for hydroxylation is 1. The topological polar surface area (TPSA) is 66.9 Å². The van der Waals surface area contributed by atoms with E-state index >= 15 is 0 Å². The van der Waals surface area contributed by atoms with Gasteiger partial charge in [-0.3, -0.25) is 4.79 Å². The van der Waals surface area contributed by atoms with Crippen molar-refractivity contribution in [1.82, 2.24) is 9.97 Å². The van der Waals surface area contributed by atoms with Crippen LogP contribution in [0.2, 0.25) is 5.02 Å². The van der Waals surface area contributed by atoms with Gasteiger partial charge in [0.15, 0.2) is 0 Å². The number of halogens is 3. The van der Waals surface area contributed by atoms with Crippen LogP contribution in [0, 0.1) is 18.6 Å². The van der Waals surface area contributed by atoms with Gasteiger partial charge in [-0.15, -0.1) is 0 Å². The number of anilines is 3. The van der Waals surface area contributed by atoms with Crippen LogP contribution in [0.1, 0.15) is 16.2 Å². The Balaban J connectivity index is 1.82. The Morgan fingerprint density at radius 2 is 1.85 bits per heavy atom. The van der Waals surface area contributed by atoms with Crippen molar-refractivity contribution in [3.8, 4) is 0 Å². The van der Waals surface area contributed by atoms with Crippen LogP contribution < -0.4 is 10.6 Å². The van der Waals surface area contributed by atoms with Crippen LogP contribution in [0.3, 0.4) is 0 Å². The van der Waals surface area contributed by atoms with E-state index in [1.54, 1.807) is 13.0 Å². The molecule has 2 N–H and O–H groups in total. The van der Waals surface area contributed by atoms with E-state index in [9.17, 15) is 13.6 Å². The van der Waals surface area contributed by atoms with Gasteiger partial charge >= 0.3 is 0 Å². The molecule has 0 bridgehead atoms. The summed E-state index contributed by atoms with van der Waals surface area (Å²) in [6.07, 6.45) is 0. The Morgan fingerprint density at radius 3 is 2.58 bits per heavy atom. The van der Waals surface area contributed by atoms with Gasteiger partial charge in [0.2, 0.25) is 5.95 Å². The summed E-state index contributed by atoms with van der Waals surface area (Å²) in [7, 11) is 0. The third-order valence-corrected chi connectivity index (χ3v) is 3.63. The number of nitrogens with one attached hydrogen (secondary N) is 2. The van der Waals surface area contributed by atoms with Crippen LogP contribution in [-0.2, 0) is 0 Å². The summed E-state index contributed by atoms with van der Waals surface area (Å²) in [5, 5.41) is 5.38. The minimum absolute atomic E-state index is 0.0493. The maximum atomic E-state index is 13.2. The average molecular weight is 375 g/mol. The Bertz CT molecular complexity index is 981. The van der Waals surface area contributed by atoms with Crippen molar-refractivity contribution in [2.24, 2.45) is 0 Å². The molecule has 0 aliphatic carbocycles. The second-order valence-electron chi connectivity index (χ2n) is 5.44. The quantitative estimate of drug-likeness (QED) is 0.694. The van der Waals surface area contributed by atoms with Gasteiger partial charge in [-0.05, 0) is 49.4 Å². The molecule has 2 aromatic carbocycles. The molecule has 0 fully saturated rings. The standard InChI is InChI=1S/C18H13ClF2N4O/c1-10-7-16(17(26)23-12-4-2-3-11(20)8-12)25-18(22-10)24-13-5-6-15(21)14(19)9-13/h2-9H,1H3,(H,23,26)(H,22,24,25). The SMILES string of the molecule is Cc1cc(C(=O)Nc2cccc(F)c2)nc(Nc2ccc(F)c(Cl)c2)n1. The molecule has 26 heavy (non-hydrogen) atoms. The molecular weight excluding hydrogens is 362 g/mol. The van der Waals surface area contributed by atoms with Gasteiger partial charge < -0.3 is 10.6 Å². The minimum Gasteiger partial charge on any atom is -0.324 e. The van der Waals surface area contributed by atoms with Crippen molar-refractivity contribution < 1.29 is 13.6 Å². The highest BCUT2D eigenvalue weighted by molar-refractivity contribution is 6.31. The van der Waals surface area contributed by atoms with Crippen molar-refractivity contribution in [3.05, 3.63) is 76.6 Å². The molecule has 8 heteroatoms. The lowest BCUT2D eigenvalue weighted by molar-refractivity contribution is 0.102. The summed E-state index contributed by atoms with van der Waals surface area (Å²) in [5.74, 6) is -1.37. The first kappa shape index (κ1) is 17.8. The Labute approximate surface area is 153 Å². The van der Waals surface area contributed by atoms with Gasteiger partial charge in [-0.25, -0.2) is 18.7 Å². The van der Waals surface area contributed by atoms with E-state index in [1.165, 1.54) is 42.5 Å². The molecule has 3 aromatic rings. The summed E-state index contributed by atoms with van der Waals surface area (Å²) in [4.78, 5) is 20.7. The number of benzene rings is 2. The number of amides is 1. The van der Waals surface area contributed by atoms with E-state index in [2.05, 4.69) is 20.6 Å². The fraction of sp³-hybridized carbons (Fsp3) is 0.0556. The molecule has 0 radical (unpaired) electrons. The number of nitrogens with zero attached hydrogens (tertiary/aromatic N) is 2. The minimum atomic E-state index is -0.544. The highest BCUT2D eigenvalue weighted by Crippen LogP contribution is 2.22. The molecule has 0 saturated carbocycles. The molecule has 0 unspecified atom stereocenters. The second kappa shape index (κ2) is 7.45. The Hall–Kier alpha value is -3.06. The van der Waals surface area contributed by atoms with Crippen molar-refractivity contribution in [2.75, 3.05) is 10.6 Å². The van der Waals surface area contributed by atoms with Gasteiger partial charge in [-0.1, -0.05) is 17.7 Å². The number of carbonyl (C=O) groups is 1. The van der Waals surface area contributed by atoms with Crippen molar-refractivity contribution in [2.45, 2.75) is 6.92 Å². The van der Waals surface area contributed by atoms with Gasteiger partial charge in [0.25, 0.3) is 5.91 Å². The Kier molecular flexibility index (Phi) is 5.09. The van der Waals surface area contributed by atoms with Crippen LogP contribution in [-0.4, -0.2) is 15.9 Å².